The van der Waals surface area contributed by atoms with Gasteiger partial charge in [-0.1, -0.05) is 41.9 Å². The summed E-state index contributed by atoms with van der Waals surface area (Å²) >= 11 is 3.39. The number of carbonyl (C=O) groups is 1. The van der Waals surface area contributed by atoms with Crippen LogP contribution in [0.2, 0.25) is 0 Å². The SMILES string of the molecule is CCC(C)c1ccc(OC(=O)c2cc(Br)ccc2OC(C)C)cc1. The minimum atomic E-state index is -0.428. The van der Waals surface area contributed by atoms with Crippen LogP contribution in [0, 0.1) is 0 Å². The van der Waals surface area contributed by atoms with Crippen LogP contribution in [0.1, 0.15) is 56.0 Å². The van der Waals surface area contributed by atoms with Crippen molar-refractivity contribution < 1.29 is 14.3 Å². The Hall–Kier alpha value is -1.81. The Morgan fingerprint density at radius 2 is 1.75 bits per heavy atom. The van der Waals surface area contributed by atoms with Crippen molar-refractivity contribution in [2.75, 3.05) is 0 Å². The van der Waals surface area contributed by atoms with E-state index in [1.54, 1.807) is 12.1 Å². The molecule has 1 unspecified atom stereocenters. The number of halogens is 1. The number of ether oxygens (including phenoxy) is 2. The standard InChI is InChI=1S/C20H23BrO3/c1-5-14(4)15-6-9-17(10-7-15)24-20(22)18-12-16(21)8-11-19(18)23-13(2)3/h6-14H,5H2,1-4H3. The fourth-order valence-corrected chi connectivity index (χ4v) is 2.64. The molecule has 0 aliphatic carbocycles. The molecule has 0 amide bonds. The van der Waals surface area contributed by atoms with Crippen molar-refractivity contribution in [3.05, 3.63) is 58.1 Å². The van der Waals surface area contributed by atoms with Gasteiger partial charge >= 0.3 is 5.97 Å². The lowest BCUT2D eigenvalue weighted by Crippen LogP contribution is -2.14. The van der Waals surface area contributed by atoms with Gasteiger partial charge in [0.05, 0.1) is 6.10 Å². The zero-order chi connectivity index (χ0) is 17.7. The van der Waals surface area contributed by atoms with Crippen LogP contribution in [0.4, 0.5) is 0 Å². The summed E-state index contributed by atoms with van der Waals surface area (Å²) in [6, 6.07) is 13.0. The Labute approximate surface area is 152 Å². The van der Waals surface area contributed by atoms with Crippen molar-refractivity contribution in [1.82, 2.24) is 0 Å². The van der Waals surface area contributed by atoms with Crippen molar-refractivity contribution in [2.45, 2.75) is 46.1 Å². The second-order valence-corrected chi connectivity index (χ2v) is 6.99. The number of esters is 1. The smallest absolute Gasteiger partial charge is 0.347 e. The quantitative estimate of drug-likeness (QED) is 0.450. The van der Waals surface area contributed by atoms with Gasteiger partial charge in [0.1, 0.15) is 17.1 Å². The summed E-state index contributed by atoms with van der Waals surface area (Å²) in [5, 5.41) is 0. The van der Waals surface area contributed by atoms with Gasteiger partial charge in [-0.3, -0.25) is 0 Å². The van der Waals surface area contributed by atoms with Gasteiger partial charge in [-0.15, -0.1) is 0 Å². The van der Waals surface area contributed by atoms with Gasteiger partial charge in [0, 0.05) is 4.47 Å². The van der Waals surface area contributed by atoms with E-state index in [4.69, 9.17) is 9.47 Å². The van der Waals surface area contributed by atoms with E-state index < -0.39 is 5.97 Å². The van der Waals surface area contributed by atoms with Crippen LogP contribution in [0.3, 0.4) is 0 Å². The molecular weight excluding hydrogens is 368 g/mol. The van der Waals surface area contributed by atoms with Crippen LogP contribution in [0.25, 0.3) is 0 Å². The summed E-state index contributed by atoms with van der Waals surface area (Å²) in [7, 11) is 0. The van der Waals surface area contributed by atoms with Crippen LogP contribution < -0.4 is 9.47 Å². The molecule has 0 saturated carbocycles. The fraction of sp³-hybridized carbons (Fsp3) is 0.350. The molecule has 128 valence electrons. The van der Waals surface area contributed by atoms with Gasteiger partial charge < -0.3 is 9.47 Å². The van der Waals surface area contributed by atoms with Crippen molar-refractivity contribution >= 4 is 21.9 Å². The lowest BCUT2D eigenvalue weighted by atomic mass is 9.99. The summed E-state index contributed by atoms with van der Waals surface area (Å²) in [6.07, 6.45) is 1.06. The number of rotatable bonds is 6. The van der Waals surface area contributed by atoms with E-state index in [9.17, 15) is 4.79 Å². The minimum absolute atomic E-state index is 0.0208. The van der Waals surface area contributed by atoms with Gasteiger partial charge in [0.15, 0.2) is 0 Å². The first-order valence-corrected chi connectivity index (χ1v) is 8.98. The van der Waals surface area contributed by atoms with E-state index in [1.807, 2.05) is 44.2 Å². The molecule has 0 fully saturated rings. The molecule has 0 bridgehead atoms. The Kier molecular flexibility index (Phi) is 6.44. The van der Waals surface area contributed by atoms with Crippen LogP contribution in [-0.2, 0) is 0 Å². The molecule has 1 atom stereocenters. The topological polar surface area (TPSA) is 35.5 Å². The highest BCUT2D eigenvalue weighted by molar-refractivity contribution is 9.10. The highest BCUT2D eigenvalue weighted by Crippen LogP contribution is 2.27. The molecule has 2 aromatic carbocycles. The predicted octanol–water partition coefficient (Wildman–Crippen LogP) is 5.97. The molecule has 0 saturated heterocycles. The van der Waals surface area contributed by atoms with E-state index in [1.165, 1.54) is 5.56 Å². The van der Waals surface area contributed by atoms with Gasteiger partial charge in [-0.2, -0.15) is 0 Å². The van der Waals surface area contributed by atoms with Crippen molar-refractivity contribution in [3.63, 3.8) is 0 Å². The fourth-order valence-electron chi connectivity index (χ4n) is 2.28. The van der Waals surface area contributed by atoms with E-state index >= 15 is 0 Å². The maximum absolute atomic E-state index is 12.5. The first kappa shape index (κ1) is 18.5. The summed E-state index contributed by atoms with van der Waals surface area (Å²) in [5.41, 5.74) is 1.65. The first-order valence-electron chi connectivity index (χ1n) is 8.19. The number of carbonyl (C=O) groups excluding carboxylic acids is 1. The minimum Gasteiger partial charge on any atom is -0.490 e. The van der Waals surface area contributed by atoms with E-state index in [0.29, 0.717) is 23.0 Å². The van der Waals surface area contributed by atoms with Gasteiger partial charge in [-0.05, 0) is 62.1 Å². The largest absolute Gasteiger partial charge is 0.490 e. The van der Waals surface area contributed by atoms with Crippen molar-refractivity contribution in [2.24, 2.45) is 0 Å². The van der Waals surface area contributed by atoms with Gasteiger partial charge in [0.25, 0.3) is 0 Å². The Morgan fingerprint density at radius 1 is 1.08 bits per heavy atom. The van der Waals surface area contributed by atoms with Gasteiger partial charge in [0.2, 0.25) is 0 Å². The second-order valence-electron chi connectivity index (χ2n) is 6.07. The highest BCUT2D eigenvalue weighted by Gasteiger charge is 2.17. The Balaban J connectivity index is 2.19. The average molecular weight is 391 g/mol. The molecular formula is C20H23BrO3. The van der Waals surface area contributed by atoms with E-state index in [0.717, 1.165) is 10.9 Å². The summed E-state index contributed by atoms with van der Waals surface area (Å²) < 4.78 is 12.0. The van der Waals surface area contributed by atoms with E-state index in [-0.39, 0.29) is 6.10 Å². The third-order valence-corrected chi connectivity index (χ3v) is 4.29. The summed E-state index contributed by atoms with van der Waals surface area (Å²) in [6.45, 7) is 8.18. The molecule has 0 aromatic heterocycles. The molecule has 0 aliphatic rings. The molecule has 24 heavy (non-hydrogen) atoms. The summed E-state index contributed by atoms with van der Waals surface area (Å²) in [5.74, 6) is 1.12. The molecule has 4 heteroatoms. The van der Waals surface area contributed by atoms with Crippen LogP contribution in [-0.4, -0.2) is 12.1 Å². The molecule has 0 aliphatic heterocycles. The highest BCUT2D eigenvalue weighted by atomic mass is 79.9. The second kappa shape index (κ2) is 8.34. The normalized spacial score (nSPS) is 12.1. The molecule has 2 aromatic rings. The molecule has 0 N–H and O–H groups in total. The molecule has 0 radical (unpaired) electrons. The van der Waals surface area contributed by atoms with E-state index in [2.05, 4.69) is 29.8 Å². The molecule has 0 spiro atoms. The molecule has 0 heterocycles. The maximum atomic E-state index is 12.5. The van der Waals surface area contributed by atoms with Crippen LogP contribution in [0.5, 0.6) is 11.5 Å². The third kappa shape index (κ3) is 4.84. The number of hydrogen-bond donors (Lipinski definition) is 0. The Morgan fingerprint density at radius 3 is 2.33 bits per heavy atom. The first-order chi connectivity index (χ1) is 11.4. The number of hydrogen-bond acceptors (Lipinski definition) is 3. The third-order valence-electron chi connectivity index (χ3n) is 3.80. The average Bonchev–Trinajstić information content (AvgIpc) is 2.56. The Bertz CT molecular complexity index is 693. The zero-order valence-electron chi connectivity index (χ0n) is 14.5. The van der Waals surface area contributed by atoms with Gasteiger partial charge in [-0.25, -0.2) is 4.79 Å². The predicted molar refractivity (Wildman–Crippen MR) is 100 cm³/mol. The van der Waals surface area contributed by atoms with Crippen LogP contribution in [0.15, 0.2) is 46.9 Å². The van der Waals surface area contributed by atoms with Crippen molar-refractivity contribution in [3.8, 4) is 11.5 Å². The molecule has 2 rings (SSSR count). The number of benzene rings is 2. The summed E-state index contributed by atoms with van der Waals surface area (Å²) in [4.78, 5) is 12.5. The van der Waals surface area contributed by atoms with Crippen molar-refractivity contribution in [1.29, 1.82) is 0 Å². The van der Waals surface area contributed by atoms with Crippen LogP contribution >= 0.6 is 15.9 Å². The zero-order valence-corrected chi connectivity index (χ0v) is 16.1. The maximum Gasteiger partial charge on any atom is 0.347 e. The lowest BCUT2D eigenvalue weighted by molar-refractivity contribution is 0.0728. The monoisotopic (exact) mass is 390 g/mol. The lowest BCUT2D eigenvalue weighted by Gasteiger charge is -2.14. The molecule has 3 nitrogen and oxygen atoms in total.